The first-order chi connectivity index (χ1) is 8.28. The average molecular weight is 237 g/mol. The summed E-state index contributed by atoms with van der Waals surface area (Å²) in [4.78, 5) is 4.36. The average Bonchev–Trinajstić information content (AvgIpc) is 2.77. The van der Waals surface area contributed by atoms with Crippen molar-refractivity contribution in [1.82, 2.24) is 15.6 Å². The number of likely N-dealkylation sites (N-methyl/N-ethyl adjacent to an activating group) is 1. The van der Waals surface area contributed by atoms with Crippen molar-refractivity contribution in [2.75, 3.05) is 13.6 Å². The fourth-order valence-electron chi connectivity index (χ4n) is 2.25. The molecule has 4 heteroatoms. The first kappa shape index (κ1) is 12.6. The molecule has 17 heavy (non-hydrogen) atoms. The number of aromatic nitrogens is 1. The maximum atomic E-state index is 5.77. The van der Waals surface area contributed by atoms with E-state index in [1.807, 2.05) is 13.2 Å². The van der Waals surface area contributed by atoms with E-state index in [-0.39, 0.29) is 0 Å². The highest BCUT2D eigenvalue weighted by molar-refractivity contribution is 4.98. The van der Waals surface area contributed by atoms with Gasteiger partial charge in [0.15, 0.2) is 5.89 Å². The van der Waals surface area contributed by atoms with Crippen LogP contribution in [0.25, 0.3) is 0 Å². The molecule has 2 rings (SSSR count). The van der Waals surface area contributed by atoms with Crippen molar-refractivity contribution in [2.24, 2.45) is 0 Å². The van der Waals surface area contributed by atoms with Crippen molar-refractivity contribution in [3.8, 4) is 0 Å². The van der Waals surface area contributed by atoms with Crippen molar-refractivity contribution in [1.29, 1.82) is 0 Å². The smallest absolute Gasteiger partial charge is 0.195 e. The van der Waals surface area contributed by atoms with Crippen LogP contribution >= 0.6 is 0 Å². The Morgan fingerprint density at radius 2 is 2.47 bits per heavy atom. The number of nitrogens with zero attached hydrogens (tertiary/aromatic N) is 1. The molecule has 1 aromatic rings. The third-order valence-corrected chi connectivity index (χ3v) is 3.44. The van der Waals surface area contributed by atoms with E-state index < -0.39 is 0 Å². The summed E-state index contributed by atoms with van der Waals surface area (Å²) in [6, 6.07) is 0.987. The molecule has 1 saturated heterocycles. The third kappa shape index (κ3) is 3.82. The number of piperidine rings is 1. The van der Waals surface area contributed by atoms with Crippen molar-refractivity contribution < 1.29 is 4.42 Å². The summed E-state index contributed by atoms with van der Waals surface area (Å²) in [6.45, 7) is 3.28. The number of nitrogens with one attached hydrogen (secondary N) is 2. The molecule has 0 bridgehead atoms. The predicted molar refractivity (Wildman–Crippen MR) is 68.1 cm³/mol. The molecular formula is C13H23N3O. The van der Waals surface area contributed by atoms with Gasteiger partial charge in [0.05, 0.1) is 6.20 Å². The Kier molecular flexibility index (Phi) is 4.57. The van der Waals surface area contributed by atoms with Gasteiger partial charge in [0.25, 0.3) is 0 Å². The summed E-state index contributed by atoms with van der Waals surface area (Å²) < 4.78 is 5.77. The molecule has 1 aromatic heterocycles. The lowest BCUT2D eigenvalue weighted by Crippen LogP contribution is -2.35. The molecule has 2 N–H and O–H groups in total. The van der Waals surface area contributed by atoms with Gasteiger partial charge in [-0.2, -0.15) is 0 Å². The van der Waals surface area contributed by atoms with Gasteiger partial charge in [-0.05, 0) is 33.4 Å². The van der Waals surface area contributed by atoms with Crippen LogP contribution in [0.5, 0.6) is 0 Å². The molecule has 0 amide bonds. The number of oxazole rings is 1. The minimum Gasteiger partial charge on any atom is -0.446 e. The van der Waals surface area contributed by atoms with Crippen LogP contribution in [0.15, 0.2) is 10.6 Å². The maximum absolute atomic E-state index is 5.77. The van der Waals surface area contributed by atoms with Gasteiger partial charge in [0, 0.05) is 24.9 Å². The highest BCUT2D eigenvalue weighted by Gasteiger charge is 2.16. The van der Waals surface area contributed by atoms with Crippen molar-refractivity contribution in [3.63, 3.8) is 0 Å². The first-order valence-electron chi connectivity index (χ1n) is 6.62. The van der Waals surface area contributed by atoms with Gasteiger partial charge < -0.3 is 15.1 Å². The summed E-state index contributed by atoms with van der Waals surface area (Å²) in [7, 11) is 1.97. The van der Waals surface area contributed by atoms with Gasteiger partial charge >= 0.3 is 0 Å². The molecule has 96 valence electrons. The summed E-state index contributed by atoms with van der Waals surface area (Å²) >= 11 is 0. The fourth-order valence-corrected chi connectivity index (χ4v) is 2.25. The standard InChI is InChI=1S/C13H23N3O/c1-10(14-2)7-12-9-16-13(17-12)8-11-5-3-4-6-15-11/h9-11,14-15H,3-8H2,1-2H3. The molecular weight excluding hydrogens is 214 g/mol. The van der Waals surface area contributed by atoms with Gasteiger partial charge in [-0.1, -0.05) is 6.42 Å². The Morgan fingerprint density at radius 1 is 1.59 bits per heavy atom. The molecule has 2 atom stereocenters. The van der Waals surface area contributed by atoms with Gasteiger partial charge in [-0.15, -0.1) is 0 Å². The van der Waals surface area contributed by atoms with E-state index in [1.165, 1.54) is 19.3 Å². The fraction of sp³-hybridized carbons (Fsp3) is 0.769. The zero-order valence-corrected chi connectivity index (χ0v) is 10.8. The summed E-state index contributed by atoms with van der Waals surface area (Å²) in [5, 5.41) is 6.72. The second-order valence-electron chi connectivity index (χ2n) is 4.97. The van der Waals surface area contributed by atoms with Crippen LogP contribution < -0.4 is 10.6 Å². The molecule has 0 aromatic carbocycles. The Bertz CT molecular complexity index is 331. The van der Waals surface area contributed by atoms with Crippen molar-refractivity contribution >= 4 is 0 Å². The molecule has 4 nitrogen and oxygen atoms in total. The highest BCUT2D eigenvalue weighted by atomic mass is 16.4. The molecule has 1 fully saturated rings. The SMILES string of the molecule is CNC(C)Cc1cnc(CC2CCCCN2)o1. The van der Waals surface area contributed by atoms with Crippen LogP contribution in [-0.4, -0.2) is 30.7 Å². The molecule has 0 saturated carbocycles. The van der Waals surface area contributed by atoms with Gasteiger partial charge in [-0.25, -0.2) is 4.98 Å². The topological polar surface area (TPSA) is 50.1 Å². The summed E-state index contributed by atoms with van der Waals surface area (Å²) in [6.07, 6.45) is 7.56. The van der Waals surface area contributed by atoms with Crippen LogP contribution in [0.3, 0.4) is 0 Å². The summed E-state index contributed by atoms with van der Waals surface area (Å²) in [5.74, 6) is 1.86. The maximum Gasteiger partial charge on any atom is 0.195 e. The van der Waals surface area contributed by atoms with Gasteiger partial charge in [-0.3, -0.25) is 0 Å². The van der Waals surface area contributed by atoms with E-state index in [9.17, 15) is 0 Å². The van der Waals surface area contributed by atoms with E-state index in [0.717, 1.165) is 31.0 Å². The van der Waals surface area contributed by atoms with Crippen molar-refractivity contribution in [3.05, 3.63) is 17.8 Å². The molecule has 2 heterocycles. The zero-order chi connectivity index (χ0) is 12.1. The molecule has 1 aliphatic rings. The van der Waals surface area contributed by atoms with Crippen LogP contribution in [0.4, 0.5) is 0 Å². The van der Waals surface area contributed by atoms with Crippen molar-refractivity contribution in [2.45, 2.75) is 51.1 Å². The number of rotatable bonds is 5. The van der Waals surface area contributed by atoms with Crippen LogP contribution in [0.2, 0.25) is 0 Å². The lowest BCUT2D eigenvalue weighted by molar-refractivity contribution is 0.357. The van der Waals surface area contributed by atoms with Gasteiger partial charge in [0.2, 0.25) is 0 Å². The zero-order valence-electron chi connectivity index (χ0n) is 10.8. The molecule has 0 radical (unpaired) electrons. The number of hydrogen-bond donors (Lipinski definition) is 2. The van der Waals surface area contributed by atoms with Crippen LogP contribution in [-0.2, 0) is 12.8 Å². The Hall–Kier alpha value is -0.870. The van der Waals surface area contributed by atoms with Crippen LogP contribution in [0.1, 0.15) is 37.8 Å². The van der Waals surface area contributed by atoms with E-state index in [2.05, 4.69) is 22.5 Å². The molecule has 0 aliphatic carbocycles. The van der Waals surface area contributed by atoms with E-state index in [1.54, 1.807) is 0 Å². The van der Waals surface area contributed by atoms with E-state index >= 15 is 0 Å². The van der Waals surface area contributed by atoms with E-state index in [4.69, 9.17) is 4.42 Å². The largest absolute Gasteiger partial charge is 0.446 e. The van der Waals surface area contributed by atoms with E-state index in [0.29, 0.717) is 12.1 Å². The molecule has 1 aliphatic heterocycles. The van der Waals surface area contributed by atoms with Crippen LogP contribution in [0, 0.1) is 0 Å². The summed E-state index contributed by atoms with van der Waals surface area (Å²) in [5.41, 5.74) is 0. The molecule has 0 spiro atoms. The normalized spacial score (nSPS) is 22.6. The Balaban J connectivity index is 1.84. The third-order valence-electron chi connectivity index (χ3n) is 3.44. The highest BCUT2D eigenvalue weighted by Crippen LogP contribution is 2.13. The second kappa shape index (κ2) is 6.17. The second-order valence-corrected chi connectivity index (χ2v) is 4.97. The molecule has 2 unspecified atom stereocenters. The minimum absolute atomic E-state index is 0.434. The lowest BCUT2D eigenvalue weighted by atomic mass is 10.0. The first-order valence-corrected chi connectivity index (χ1v) is 6.62. The lowest BCUT2D eigenvalue weighted by Gasteiger charge is -2.21. The number of hydrogen-bond acceptors (Lipinski definition) is 4. The monoisotopic (exact) mass is 237 g/mol. The predicted octanol–water partition coefficient (Wildman–Crippen LogP) is 1.51. The minimum atomic E-state index is 0.434. The van der Waals surface area contributed by atoms with Gasteiger partial charge in [0.1, 0.15) is 5.76 Å². The quantitative estimate of drug-likeness (QED) is 0.815. The Labute approximate surface area is 103 Å². The Morgan fingerprint density at radius 3 is 3.18 bits per heavy atom.